The molecule has 3 aromatic carbocycles. The van der Waals surface area contributed by atoms with Crippen LogP contribution >= 0.6 is 11.6 Å². The van der Waals surface area contributed by atoms with Crippen LogP contribution in [0.25, 0.3) is 11.1 Å². The first-order valence-electron chi connectivity index (χ1n) is 9.01. The quantitative estimate of drug-likeness (QED) is 0.569. The van der Waals surface area contributed by atoms with E-state index in [9.17, 15) is 4.79 Å². The number of hydrogen-bond acceptors (Lipinski definition) is 4. The molecule has 0 heterocycles. The highest BCUT2D eigenvalue weighted by Crippen LogP contribution is 2.35. The zero-order chi connectivity index (χ0) is 20.8. The summed E-state index contributed by atoms with van der Waals surface area (Å²) in [6, 6.07) is 19.1. The molecule has 6 heteroatoms. The molecule has 3 rings (SSSR count). The van der Waals surface area contributed by atoms with Crippen LogP contribution in [0.15, 0.2) is 60.7 Å². The average Bonchev–Trinajstić information content (AvgIpc) is 2.74. The van der Waals surface area contributed by atoms with Crippen molar-refractivity contribution in [3.05, 3.63) is 71.2 Å². The number of carbonyl (C=O) groups excluding carboxylic acids is 1. The molecule has 5 nitrogen and oxygen atoms in total. The fourth-order valence-electron chi connectivity index (χ4n) is 2.78. The molecule has 0 atom stereocenters. The van der Waals surface area contributed by atoms with E-state index in [2.05, 4.69) is 36.5 Å². The predicted molar refractivity (Wildman–Crippen MR) is 115 cm³/mol. The van der Waals surface area contributed by atoms with E-state index in [0.717, 1.165) is 11.1 Å². The molecule has 0 fully saturated rings. The Labute approximate surface area is 175 Å². The second-order valence-corrected chi connectivity index (χ2v) is 6.82. The number of anilines is 1. The number of benzene rings is 3. The molecule has 29 heavy (non-hydrogen) atoms. The highest BCUT2D eigenvalue weighted by molar-refractivity contribution is 6.32. The number of hydrogen-bond donors (Lipinski definition) is 1. The second kappa shape index (κ2) is 9.34. The van der Waals surface area contributed by atoms with Crippen molar-refractivity contribution in [1.82, 2.24) is 0 Å². The van der Waals surface area contributed by atoms with E-state index in [1.807, 2.05) is 24.3 Å². The molecule has 0 aliphatic carbocycles. The Hall–Kier alpha value is -3.18. The minimum absolute atomic E-state index is 0.141. The van der Waals surface area contributed by atoms with Gasteiger partial charge in [-0.1, -0.05) is 53.6 Å². The van der Waals surface area contributed by atoms with Crippen LogP contribution in [0.4, 0.5) is 5.69 Å². The van der Waals surface area contributed by atoms with Crippen molar-refractivity contribution in [2.75, 3.05) is 26.1 Å². The van der Waals surface area contributed by atoms with Crippen molar-refractivity contribution in [3.8, 4) is 28.4 Å². The zero-order valence-corrected chi connectivity index (χ0v) is 17.2. The minimum Gasteiger partial charge on any atom is -0.495 e. The molecule has 0 aliphatic rings. The van der Waals surface area contributed by atoms with Crippen molar-refractivity contribution in [3.63, 3.8) is 0 Å². The molecule has 1 amide bonds. The highest BCUT2D eigenvalue weighted by Gasteiger charge is 2.13. The fourth-order valence-corrected chi connectivity index (χ4v) is 3.01. The summed E-state index contributed by atoms with van der Waals surface area (Å²) < 4.78 is 16.0. The van der Waals surface area contributed by atoms with Gasteiger partial charge in [-0.15, -0.1) is 0 Å². The van der Waals surface area contributed by atoms with E-state index < -0.39 is 0 Å². The molecule has 0 saturated heterocycles. The first-order valence-corrected chi connectivity index (χ1v) is 9.39. The summed E-state index contributed by atoms with van der Waals surface area (Å²) in [5.41, 5.74) is 3.88. The lowest BCUT2D eigenvalue weighted by atomic mass is 10.0. The summed E-state index contributed by atoms with van der Waals surface area (Å²) in [4.78, 5) is 12.3. The van der Waals surface area contributed by atoms with Gasteiger partial charge in [-0.2, -0.15) is 0 Å². The van der Waals surface area contributed by atoms with Gasteiger partial charge in [-0.25, -0.2) is 0 Å². The van der Waals surface area contributed by atoms with E-state index in [-0.39, 0.29) is 12.5 Å². The molecule has 0 radical (unpaired) electrons. The van der Waals surface area contributed by atoms with Gasteiger partial charge in [0.15, 0.2) is 6.61 Å². The van der Waals surface area contributed by atoms with Crippen molar-refractivity contribution in [2.24, 2.45) is 0 Å². The largest absolute Gasteiger partial charge is 0.495 e. The summed E-state index contributed by atoms with van der Waals surface area (Å²) in [6.45, 7) is 1.92. The Balaban J connectivity index is 1.61. The maximum atomic E-state index is 12.3. The van der Waals surface area contributed by atoms with Gasteiger partial charge >= 0.3 is 0 Å². The summed E-state index contributed by atoms with van der Waals surface area (Å²) in [6.07, 6.45) is 0. The minimum atomic E-state index is -0.324. The van der Waals surface area contributed by atoms with E-state index in [1.54, 1.807) is 12.1 Å². The lowest BCUT2D eigenvalue weighted by Gasteiger charge is -2.13. The van der Waals surface area contributed by atoms with Gasteiger partial charge in [-0.05, 0) is 30.2 Å². The number of aryl methyl sites for hydroxylation is 1. The molecule has 150 valence electrons. The first kappa shape index (κ1) is 20.6. The number of carbonyl (C=O) groups is 1. The maximum absolute atomic E-state index is 12.3. The lowest BCUT2D eigenvalue weighted by Crippen LogP contribution is -2.20. The van der Waals surface area contributed by atoms with Crippen molar-refractivity contribution < 1.29 is 19.0 Å². The van der Waals surface area contributed by atoms with Crippen molar-refractivity contribution in [2.45, 2.75) is 6.92 Å². The average molecular weight is 412 g/mol. The normalized spacial score (nSPS) is 10.3. The van der Waals surface area contributed by atoms with Crippen LogP contribution in [0, 0.1) is 6.92 Å². The van der Waals surface area contributed by atoms with Gasteiger partial charge in [0.1, 0.15) is 17.2 Å². The molecule has 0 saturated carbocycles. The molecule has 0 spiro atoms. The molecule has 0 bridgehead atoms. The van der Waals surface area contributed by atoms with Crippen LogP contribution in [-0.4, -0.2) is 26.7 Å². The van der Waals surface area contributed by atoms with Gasteiger partial charge in [0.25, 0.3) is 5.91 Å². The third-order valence-corrected chi connectivity index (χ3v) is 4.65. The molecule has 0 aliphatic heterocycles. The Bertz CT molecular complexity index is 985. The van der Waals surface area contributed by atoms with Crippen LogP contribution in [-0.2, 0) is 4.79 Å². The number of methoxy groups -OCH3 is 2. The number of ether oxygens (including phenoxy) is 3. The van der Waals surface area contributed by atoms with Crippen LogP contribution in [0.5, 0.6) is 17.2 Å². The van der Waals surface area contributed by atoms with Crippen LogP contribution in [0.3, 0.4) is 0 Å². The summed E-state index contributed by atoms with van der Waals surface area (Å²) in [5.74, 6) is 1.16. The second-order valence-electron chi connectivity index (χ2n) is 6.41. The molecule has 0 unspecified atom stereocenters. The van der Waals surface area contributed by atoms with Crippen LogP contribution in [0.1, 0.15) is 5.56 Å². The van der Waals surface area contributed by atoms with Crippen molar-refractivity contribution >= 4 is 23.2 Å². The summed E-state index contributed by atoms with van der Waals surface area (Å²) in [7, 11) is 3.00. The van der Waals surface area contributed by atoms with E-state index in [0.29, 0.717) is 28.0 Å². The Morgan fingerprint density at radius 2 is 1.48 bits per heavy atom. The Morgan fingerprint density at radius 3 is 2.07 bits per heavy atom. The van der Waals surface area contributed by atoms with E-state index >= 15 is 0 Å². The van der Waals surface area contributed by atoms with E-state index in [4.69, 9.17) is 25.8 Å². The van der Waals surface area contributed by atoms with Gasteiger partial charge in [0, 0.05) is 12.1 Å². The van der Waals surface area contributed by atoms with Crippen LogP contribution in [0.2, 0.25) is 5.02 Å². The maximum Gasteiger partial charge on any atom is 0.262 e. The third kappa shape index (κ3) is 5.21. The SMILES string of the molecule is COc1cc(NC(=O)COc2ccc(-c3ccc(C)cc3)cc2)c(OC)cc1Cl. The monoisotopic (exact) mass is 411 g/mol. The Morgan fingerprint density at radius 1 is 0.897 bits per heavy atom. The molecular formula is C23H22ClNO4. The highest BCUT2D eigenvalue weighted by atomic mass is 35.5. The number of halogens is 1. The summed E-state index contributed by atoms with van der Waals surface area (Å²) >= 11 is 6.08. The Kier molecular flexibility index (Phi) is 6.62. The molecule has 1 N–H and O–H groups in total. The third-order valence-electron chi connectivity index (χ3n) is 4.36. The molecular weight excluding hydrogens is 390 g/mol. The fraction of sp³-hybridized carbons (Fsp3) is 0.174. The van der Waals surface area contributed by atoms with E-state index in [1.165, 1.54) is 19.8 Å². The van der Waals surface area contributed by atoms with Gasteiger partial charge in [0.2, 0.25) is 0 Å². The smallest absolute Gasteiger partial charge is 0.262 e. The van der Waals surface area contributed by atoms with Gasteiger partial charge in [0.05, 0.1) is 24.9 Å². The number of amides is 1. The number of nitrogens with one attached hydrogen (secondary N) is 1. The molecule has 0 aromatic heterocycles. The van der Waals surface area contributed by atoms with Gasteiger partial charge < -0.3 is 19.5 Å². The summed E-state index contributed by atoms with van der Waals surface area (Å²) in [5, 5.41) is 3.14. The number of rotatable bonds is 7. The zero-order valence-electron chi connectivity index (χ0n) is 16.5. The van der Waals surface area contributed by atoms with Crippen LogP contribution < -0.4 is 19.5 Å². The lowest BCUT2D eigenvalue weighted by molar-refractivity contribution is -0.118. The first-order chi connectivity index (χ1) is 14.0. The standard InChI is InChI=1S/C23H22ClNO4/c1-15-4-6-16(7-5-15)17-8-10-18(11-9-17)29-14-23(26)25-20-13-21(27-2)19(24)12-22(20)28-3/h4-13H,14H2,1-3H3,(H,25,26). The van der Waals surface area contributed by atoms with Gasteiger partial charge in [-0.3, -0.25) is 4.79 Å². The molecule has 3 aromatic rings. The van der Waals surface area contributed by atoms with Crippen molar-refractivity contribution in [1.29, 1.82) is 0 Å². The topological polar surface area (TPSA) is 56.8 Å². The predicted octanol–water partition coefficient (Wildman–Crippen LogP) is 5.35.